The normalized spacial score (nSPS) is 13.2. The fourth-order valence-electron chi connectivity index (χ4n) is 2.35. The summed E-state index contributed by atoms with van der Waals surface area (Å²) in [5.41, 5.74) is 3.49. The summed E-state index contributed by atoms with van der Waals surface area (Å²) in [5.74, 6) is -0.493. The molecule has 0 aliphatic carbocycles. The van der Waals surface area contributed by atoms with Gasteiger partial charge in [-0.15, -0.1) is 0 Å². The predicted octanol–water partition coefficient (Wildman–Crippen LogP) is 3.44. The average Bonchev–Trinajstić information content (AvgIpc) is 2.49. The van der Waals surface area contributed by atoms with Crippen molar-refractivity contribution in [3.8, 4) is 0 Å². The van der Waals surface area contributed by atoms with Gasteiger partial charge in [0.25, 0.3) is 5.91 Å². The highest BCUT2D eigenvalue weighted by Crippen LogP contribution is 2.23. The van der Waals surface area contributed by atoms with E-state index in [4.69, 9.17) is 0 Å². The average molecular weight is 270 g/mol. The summed E-state index contributed by atoms with van der Waals surface area (Å²) < 4.78 is 12.8. The Kier molecular flexibility index (Phi) is 3.37. The fraction of sp³-hybridized carbons (Fsp3) is 0.188. The van der Waals surface area contributed by atoms with Gasteiger partial charge in [0.15, 0.2) is 0 Å². The molecule has 0 atom stereocenters. The lowest BCUT2D eigenvalue weighted by molar-refractivity contribution is 0.102. The predicted molar refractivity (Wildman–Crippen MR) is 77.6 cm³/mol. The van der Waals surface area contributed by atoms with E-state index < -0.39 is 0 Å². The third kappa shape index (κ3) is 2.64. The minimum Gasteiger partial charge on any atom is -0.385 e. The van der Waals surface area contributed by atoms with Gasteiger partial charge in [-0.2, -0.15) is 0 Å². The zero-order valence-corrected chi connectivity index (χ0v) is 10.9. The highest BCUT2D eigenvalue weighted by atomic mass is 19.1. The molecule has 102 valence electrons. The van der Waals surface area contributed by atoms with Crippen molar-refractivity contribution in [1.82, 2.24) is 0 Å². The van der Waals surface area contributed by atoms with E-state index in [0.717, 1.165) is 25.1 Å². The second-order valence-electron chi connectivity index (χ2n) is 4.86. The van der Waals surface area contributed by atoms with Gasteiger partial charge in [0.2, 0.25) is 0 Å². The van der Waals surface area contributed by atoms with Crippen LogP contribution < -0.4 is 10.6 Å². The minimum atomic E-state index is -0.317. The van der Waals surface area contributed by atoms with Crippen LogP contribution in [0.1, 0.15) is 22.3 Å². The molecule has 0 bridgehead atoms. The Labute approximate surface area is 116 Å². The molecule has 0 radical (unpaired) electrons. The van der Waals surface area contributed by atoms with Crippen LogP contribution in [0, 0.1) is 5.82 Å². The van der Waals surface area contributed by atoms with E-state index in [1.807, 2.05) is 12.1 Å². The summed E-state index contributed by atoms with van der Waals surface area (Å²) >= 11 is 0. The number of aryl methyl sites for hydroxylation is 1. The number of carbonyl (C=O) groups excluding carboxylic acids is 1. The van der Waals surface area contributed by atoms with Gasteiger partial charge in [-0.25, -0.2) is 4.39 Å². The summed E-state index contributed by atoms with van der Waals surface area (Å²) in [7, 11) is 0. The summed E-state index contributed by atoms with van der Waals surface area (Å²) in [5, 5.41) is 6.08. The molecule has 2 aromatic carbocycles. The molecule has 1 aliphatic heterocycles. The maximum Gasteiger partial charge on any atom is 0.255 e. The van der Waals surface area contributed by atoms with Crippen LogP contribution in [-0.4, -0.2) is 12.5 Å². The number of amides is 1. The van der Waals surface area contributed by atoms with Crippen molar-refractivity contribution in [3.05, 3.63) is 59.4 Å². The van der Waals surface area contributed by atoms with Crippen molar-refractivity contribution < 1.29 is 9.18 Å². The molecule has 0 saturated heterocycles. The number of hydrogen-bond donors (Lipinski definition) is 2. The lowest BCUT2D eigenvalue weighted by Crippen LogP contribution is -2.15. The first-order valence-corrected chi connectivity index (χ1v) is 6.66. The minimum absolute atomic E-state index is 0.176. The number of benzene rings is 2. The Morgan fingerprint density at radius 1 is 1.15 bits per heavy atom. The molecular formula is C16H15FN2O. The lowest BCUT2D eigenvalue weighted by atomic mass is 10.0. The summed E-state index contributed by atoms with van der Waals surface area (Å²) in [6.07, 6.45) is 2.07. The maximum atomic E-state index is 12.8. The van der Waals surface area contributed by atoms with E-state index in [0.29, 0.717) is 11.3 Å². The van der Waals surface area contributed by atoms with Gasteiger partial charge in [0.1, 0.15) is 5.82 Å². The standard InChI is InChI=1S/C16H15FN2O/c17-13-4-6-14(7-5-13)19-16(20)12-3-8-15-11(10-12)2-1-9-18-15/h3-8,10,18H,1-2,9H2,(H,19,20). The number of rotatable bonds is 2. The topological polar surface area (TPSA) is 41.1 Å². The Bertz CT molecular complexity index is 637. The Morgan fingerprint density at radius 3 is 2.75 bits per heavy atom. The molecule has 0 saturated carbocycles. The number of fused-ring (bicyclic) bond motifs is 1. The van der Waals surface area contributed by atoms with Crippen LogP contribution in [0.15, 0.2) is 42.5 Å². The van der Waals surface area contributed by atoms with Crippen LogP contribution in [0.2, 0.25) is 0 Å². The van der Waals surface area contributed by atoms with Gasteiger partial charge in [-0.3, -0.25) is 4.79 Å². The summed E-state index contributed by atoms with van der Waals surface area (Å²) in [6, 6.07) is 11.4. The monoisotopic (exact) mass is 270 g/mol. The first-order chi connectivity index (χ1) is 9.72. The van der Waals surface area contributed by atoms with Crippen molar-refractivity contribution in [1.29, 1.82) is 0 Å². The van der Waals surface area contributed by atoms with Crippen LogP contribution in [-0.2, 0) is 6.42 Å². The van der Waals surface area contributed by atoms with Crippen molar-refractivity contribution in [3.63, 3.8) is 0 Å². The molecule has 0 fully saturated rings. The second-order valence-corrected chi connectivity index (χ2v) is 4.86. The van der Waals surface area contributed by atoms with Gasteiger partial charge >= 0.3 is 0 Å². The quantitative estimate of drug-likeness (QED) is 0.877. The molecule has 1 heterocycles. The molecule has 0 unspecified atom stereocenters. The van der Waals surface area contributed by atoms with Crippen LogP contribution in [0.3, 0.4) is 0 Å². The van der Waals surface area contributed by atoms with E-state index in [2.05, 4.69) is 10.6 Å². The van der Waals surface area contributed by atoms with Crippen molar-refractivity contribution in [2.45, 2.75) is 12.8 Å². The van der Waals surface area contributed by atoms with E-state index >= 15 is 0 Å². The van der Waals surface area contributed by atoms with E-state index in [-0.39, 0.29) is 11.7 Å². The van der Waals surface area contributed by atoms with Gasteiger partial charge in [0, 0.05) is 23.5 Å². The molecule has 2 N–H and O–H groups in total. The van der Waals surface area contributed by atoms with Crippen LogP contribution in [0.4, 0.5) is 15.8 Å². The molecule has 1 aliphatic rings. The van der Waals surface area contributed by atoms with Gasteiger partial charge in [0.05, 0.1) is 0 Å². The summed E-state index contributed by atoms with van der Waals surface area (Å²) in [6.45, 7) is 0.980. The molecule has 4 heteroatoms. The molecule has 20 heavy (non-hydrogen) atoms. The van der Waals surface area contributed by atoms with Crippen LogP contribution >= 0.6 is 0 Å². The molecule has 3 nitrogen and oxygen atoms in total. The smallest absolute Gasteiger partial charge is 0.255 e. The number of hydrogen-bond acceptors (Lipinski definition) is 2. The molecule has 0 spiro atoms. The first-order valence-electron chi connectivity index (χ1n) is 6.66. The van der Waals surface area contributed by atoms with Crippen molar-refractivity contribution >= 4 is 17.3 Å². The number of halogens is 1. The van der Waals surface area contributed by atoms with E-state index in [1.165, 1.54) is 17.7 Å². The molecule has 1 amide bonds. The van der Waals surface area contributed by atoms with Crippen molar-refractivity contribution in [2.75, 3.05) is 17.2 Å². The largest absolute Gasteiger partial charge is 0.385 e. The highest BCUT2D eigenvalue weighted by molar-refractivity contribution is 6.04. The zero-order chi connectivity index (χ0) is 13.9. The molecular weight excluding hydrogens is 255 g/mol. The SMILES string of the molecule is O=C(Nc1ccc(F)cc1)c1ccc2c(c1)CCCN2. The van der Waals surface area contributed by atoms with Gasteiger partial charge < -0.3 is 10.6 Å². The van der Waals surface area contributed by atoms with Crippen LogP contribution in [0.25, 0.3) is 0 Å². The Morgan fingerprint density at radius 2 is 1.95 bits per heavy atom. The zero-order valence-electron chi connectivity index (χ0n) is 10.9. The second kappa shape index (κ2) is 5.33. The molecule has 0 aromatic heterocycles. The Balaban J connectivity index is 1.78. The maximum absolute atomic E-state index is 12.8. The van der Waals surface area contributed by atoms with Gasteiger partial charge in [-0.1, -0.05) is 0 Å². The summed E-state index contributed by atoms with van der Waals surface area (Å²) in [4.78, 5) is 12.2. The van der Waals surface area contributed by atoms with Gasteiger partial charge in [-0.05, 0) is 60.9 Å². The molecule has 2 aromatic rings. The lowest BCUT2D eigenvalue weighted by Gasteiger charge is -2.18. The Hall–Kier alpha value is -2.36. The third-order valence-electron chi connectivity index (χ3n) is 3.41. The van der Waals surface area contributed by atoms with Crippen LogP contribution in [0.5, 0.6) is 0 Å². The highest BCUT2D eigenvalue weighted by Gasteiger charge is 2.12. The number of nitrogens with one attached hydrogen (secondary N) is 2. The number of carbonyl (C=O) groups is 1. The third-order valence-corrected chi connectivity index (χ3v) is 3.41. The molecule has 3 rings (SSSR count). The van der Waals surface area contributed by atoms with E-state index in [1.54, 1.807) is 18.2 Å². The number of anilines is 2. The van der Waals surface area contributed by atoms with E-state index in [9.17, 15) is 9.18 Å². The fourth-order valence-corrected chi connectivity index (χ4v) is 2.35. The first kappa shape index (κ1) is 12.7. The van der Waals surface area contributed by atoms with Crippen molar-refractivity contribution in [2.24, 2.45) is 0 Å².